The van der Waals surface area contributed by atoms with E-state index in [1.807, 2.05) is 0 Å². The van der Waals surface area contributed by atoms with Gasteiger partial charge in [-0.15, -0.1) is 12.3 Å². The lowest BCUT2D eigenvalue weighted by atomic mass is 10.1. The van der Waals surface area contributed by atoms with E-state index in [-0.39, 0.29) is 0 Å². The molecule has 1 saturated carbocycles. The Morgan fingerprint density at radius 1 is 1.58 bits per heavy atom. The third-order valence-electron chi connectivity index (χ3n) is 2.57. The summed E-state index contributed by atoms with van der Waals surface area (Å²) in [5, 5.41) is 3.45. The zero-order valence-electron chi connectivity index (χ0n) is 7.97. The van der Waals surface area contributed by atoms with Gasteiger partial charge in [0, 0.05) is 6.42 Å². The number of unbranched alkanes of at least 4 members (excludes halogenated alkanes) is 1. The molecule has 68 valence electrons. The van der Waals surface area contributed by atoms with Crippen molar-refractivity contribution in [3.05, 3.63) is 0 Å². The van der Waals surface area contributed by atoms with Gasteiger partial charge in [0.25, 0.3) is 0 Å². The van der Waals surface area contributed by atoms with E-state index in [0.717, 1.165) is 31.2 Å². The van der Waals surface area contributed by atoms with Gasteiger partial charge in [0.15, 0.2) is 0 Å². The van der Waals surface area contributed by atoms with Gasteiger partial charge in [0.1, 0.15) is 0 Å². The minimum absolute atomic E-state index is 0.871. The van der Waals surface area contributed by atoms with E-state index in [4.69, 9.17) is 6.42 Å². The van der Waals surface area contributed by atoms with E-state index in [1.54, 1.807) is 0 Å². The molecule has 12 heavy (non-hydrogen) atoms. The first-order valence-corrected chi connectivity index (χ1v) is 4.98. The van der Waals surface area contributed by atoms with E-state index in [0.29, 0.717) is 0 Å². The largest absolute Gasteiger partial charge is 0.316 e. The smallest absolute Gasteiger partial charge is 0.00981 e. The molecule has 0 amide bonds. The predicted octanol–water partition coefficient (Wildman–Crippen LogP) is 2.04. The molecule has 1 rings (SSSR count). The first kappa shape index (κ1) is 9.61. The van der Waals surface area contributed by atoms with Crippen LogP contribution in [0.5, 0.6) is 0 Å². The molecule has 0 bridgehead atoms. The molecule has 0 aromatic heterocycles. The van der Waals surface area contributed by atoms with E-state index < -0.39 is 0 Å². The van der Waals surface area contributed by atoms with Crippen LogP contribution in [0, 0.1) is 24.2 Å². The van der Waals surface area contributed by atoms with E-state index in [1.165, 1.54) is 19.4 Å². The fourth-order valence-corrected chi connectivity index (χ4v) is 1.48. The van der Waals surface area contributed by atoms with Crippen LogP contribution in [-0.2, 0) is 0 Å². The Balaban J connectivity index is 1.85. The van der Waals surface area contributed by atoms with Gasteiger partial charge in [-0.25, -0.2) is 0 Å². The Hall–Kier alpha value is -0.480. The van der Waals surface area contributed by atoms with Crippen molar-refractivity contribution in [3.63, 3.8) is 0 Å². The van der Waals surface area contributed by atoms with Crippen molar-refractivity contribution in [2.45, 2.75) is 32.6 Å². The summed E-state index contributed by atoms with van der Waals surface area (Å²) in [4.78, 5) is 0. The van der Waals surface area contributed by atoms with Crippen molar-refractivity contribution in [1.29, 1.82) is 0 Å². The van der Waals surface area contributed by atoms with Crippen LogP contribution >= 0.6 is 0 Å². The molecule has 1 unspecified atom stereocenters. The molecule has 0 saturated heterocycles. The Labute approximate surface area is 75.9 Å². The molecule has 1 heteroatoms. The van der Waals surface area contributed by atoms with Gasteiger partial charge in [0.2, 0.25) is 0 Å². The van der Waals surface area contributed by atoms with Gasteiger partial charge < -0.3 is 5.32 Å². The summed E-state index contributed by atoms with van der Waals surface area (Å²) in [5.74, 6) is 4.54. The highest BCUT2D eigenvalue weighted by atomic mass is 14.9. The van der Waals surface area contributed by atoms with Gasteiger partial charge in [-0.05, 0) is 44.2 Å². The third-order valence-corrected chi connectivity index (χ3v) is 2.57. The molecule has 1 aliphatic carbocycles. The van der Waals surface area contributed by atoms with Crippen LogP contribution in [0.25, 0.3) is 0 Å². The lowest BCUT2D eigenvalue weighted by Crippen LogP contribution is -2.23. The second-order valence-corrected chi connectivity index (χ2v) is 3.83. The average molecular weight is 165 g/mol. The molecule has 0 aromatic rings. The number of rotatable bonds is 6. The minimum Gasteiger partial charge on any atom is -0.316 e. The summed E-state index contributed by atoms with van der Waals surface area (Å²) in [7, 11) is 0. The van der Waals surface area contributed by atoms with Crippen LogP contribution in [-0.4, -0.2) is 13.1 Å². The van der Waals surface area contributed by atoms with Crippen molar-refractivity contribution in [2.24, 2.45) is 11.8 Å². The molecule has 0 aromatic carbocycles. The quantitative estimate of drug-likeness (QED) is 0.469. The molecule has 1 atom stereocenters. The second-order valence-electron chi connectivity index (χ2n) is 3.83. The molecule has 0 aliphatic heterocycles. The minimum atomic E-state index is 0.871. The Morgan fingerprint density at radius 3 is 2.92 bits per heavy atom. The lowest BCUT2D eigenvalue weighted by Gasteiger charge is -2.10. The van der Waals surface area contributed by atoms with Crippen LogP contribution < -0.4 is 5.32 Å². The number of hydrogen-bond donors (Lipinski definition) is 1. The number of terminal acetylenes is 1. The van der Waals surface area contributed by atoms with E-state index >= 15 is 0 Å². The Kier molecular flexibility index (Phi) is 4.18. The summed E-state index contributed by atoms with van der Waals surface area (Å²) in [6.07, 6.45) is 10.1. The van der Waals surface area contributed by atoms with Gasteiger partial charge >= 0.3 is 0 Å². The van der Waals surface area contributed by atoms with Crippen molar-refractivity contribution in [3.8, 4) is 12.3 Å². The fraction of sp³-hybridized carbons (Fsp3) is 0.818. The highest BCUT2D eigenvalue weighted by Crippen LogP contribution is 2.35. The molecular weight excluding hydrogens is 146 g/mol. The second kappa shape index (κ2) is 5.22. The Morgan fingerprint density at radius 2 is 2.33 bits per heavy atom. The summed E-state index contributed by atoms with van der Waals surface area (Å²) in [6, 6.07) is 0. The Bertz CT molecular complexity index is 153. The molecule has 0 radical (unpaired) electrons. The molecule has 1 N–H and O–H groups in total. The van der Waals surface area contributed by atoms with Crippen molar-refractivity contribution >= 4 is 0 Å². The maximum absolute atomic E-state index is 5.15. The fourth-order valence-electron chi connectivity index (χ4n) is 1.48. The topological polar surface area (TPSA) is 12.0 Å². The standard InChI is InChI=1S/C11H19N/c1-3-4-5-8-12-9-10(2)11-6-7-11/h1,10-12H,4-9H2,2H3. The third kappa shape index (κ3) is 3.78. The number of nitrogens with one attached hydrogen (secondary N) is 1. The molecule has 1 fully saturated rings. The summed E-state index contributed by atoms with van der Waals surface area (Å²) >= 11 is 0. The molecular formula is C11H19N. The zero-order chi connectivity index (χ0) is 8.81. The van der Waals surface area contributed by atoms with Gasteiger partial charge in [0.05, 0.1) is 0 Å². The lowest BCUT2D eigenvalue weighted by molar-refractivity contribution is 0.460. The van der Waals surface area contributed by atoms with Crippen LogP contribution in [0.3, 0.4) is 0 Å². The maximum Gasteiger partial charge on any atom is 0.00981 e. The molecule has 1 nitrogen and oxygen atoms in total. The van der Waals surface area contributed by atoms with Crippen LogP contribution in [0.1, 0.15) is 32.6 Å². The number of hydrogen-bond acceptors (Lipinski definition) is 1. The average Bonchev–Trinajstić information content (AvgIpc) is 2.86. The normalized spacial score (nSPS) is 18.7. The molecule has 1 aliphatic rings. The highest BCUT2D eigenvalue weighted by molar-refractivity contribution is 4.83. The van der Waals surface area contributed by atoms with Gasteiger partial charge in [-0.1, -0.05) is 6.92 Å². The summed E-state index contributed by atoms with van der Waals surface area (Å²) in [5.41, 5.74) is 0. The molecule has 0 spiro atoms. The monoisotopic (exact) mass is 165 g/mol. The summed E-state index contributed by atoms with van der Waals surface area (Å²) < 4.78 is 0. The molecule has 0 heterocycles. The first-order valence-electron chi connectivity index (χ1n) is 4.98. The van der Waals surface area contributed by atoms with Gasteiger partial charge in [-0.3, -0.25) is 0 Å². The van der Waals surface area contributed by atoms with Crippen molar-refractivity contribution < 1.29 is 0 Å². The predicted molar refractivity (Wildman–Crippen MR) is 52.8 cm³/mol. The van der Waals surface area contributed by atoms with Crippen molar-refractivity contribution in [2.75, 3.05) is 13.1 Å². The van der Waals surface area contributed by atoms with E-state index in [2.05, 4.69) is 18.2 Å². The highest BCUT2D eigenvalue weighted by Gasteiger charge is 2.26. The van der Waals surface area contributed by atoms with Crippen molar-refractivity contribution in [1.82, 2.24) is 5.32 Å². The summed E-state index contributed by atoms with van der Waals surface area (Å²) in [6.45, 7) is 4.60. The first-order chi connectivity index (χ1) is 5.84. The van der Waals surface area contributed by atoms with Crippen LogP contribution in [0.2, 0.25) is 0 Å². The maximum atomic E-state index is 5.15. The SMILES string of the molecule is C#CCCCNCC(C)C1CC1. The van der Waals surface area contributed by atoms with E-state index in [9.17, 15) is 0 Å². The van der Waals surface area contributed by atoms with Crippen LogP contribution in [0.4, 0.5) is 0 Å². The van der Waals surface area contributed by atoms with Gasteiger partial charge in [-0.2, -0.15) is 0 Å². The zero-order valence-corrected chi connectivity index (χ0v) is 7.97. The van der Waals surface area contributed by atoms with Crippen LogP contribution in [0.15, 0.2) is 0 Å².